The number of rotatable bonds is 8. The molecule has 5 rings (SSSR count). The van der Waals surface area contributed by atoms with Crippen LogP contribution < -0.4 is 10.1 Å². The highest BCUT2D eigenvalue weighted by atomic mass is 32.1. The summed E-state index contributed by atoms with van der Waals surface area (Å²) in [6.07, 6.45) is 9.58. The van der Waals surface area contributed by atoms with Gasteiger partial charge in [0.1, 0.15) is 5.69 Å². The molecule has 0 radical (unpaired) electrons. The van der Waals surface area contributed by atoms with E-state index in [0.717, 1.165) is 35.1 Å². The van der Waals surface area contributed by atoms with Crippen molar-refractivity contribution in [1.29, 1.82) is 0 Å². The van der Waals surface area contributed by atoms with Crippen LogP contribution in [-0.2, 0) is 4.74 Å². The van der Waals surface area contributed by atoms with E-state index in [1.807, 2.05) is 26.0 Å². The van der Waals surface area contributed by atoms with Crippen LogP contribution in [0.3, 0.4) is 0 Å². The molecule has 196 valence electrons. The molecule has 9 nitrogen and oxygen atoms in total. The fourth-order valence-corrected chi connectivity index (χ4v) is 4.35. The highest BCUT2D eigenvalue weighted by Gasteiger charge is 2.23. The fraction of sp³-hybridized carbons (Fsp3) is 0.500. The van der Waals surface area contributed by atoms with Gasteiger partial charge in [0.15, 0.2) is 5.01 Å². The molecule has 0 bridgehead atoms. The first-order chi connectivity index (χ1) is 17.5. The van der Waals surface area contributed by atoms with Gasteiger partial charge < -0.3 is 14.8 Å². The number of carbonyl (C=O) groups excluding carboxylic acids is 1. The minimum Gasteiger partial charge on any atom is -0.477 e. The van der Waals surface area contributed by atoms with Crippen molar-refractivity contribution in [2.45, 2.75) is 39.7 Å². The zero-order valence-corrected chi connectivity index (χ0v) is 22.0. The summed E-state index contributed by atoms with van der Waals surface area (Å²) >= 11 is 1.27. The number of hydrogen-bond acceptors (Lipinski definition) is 9. The van der Waals surface area contributed by atoms with Crippen molar-refractivity contribution >= 4 is 17.2 Å². The number of aryl methyl sites for hydroxylation is 1. The lowest BCUT2D eigenvalue weighted by Crippen LogP contribution is -2.43. The maximum Gasteiger partial charge on any atom is 0.280 e. The first-order valence-corrected chi connectivity index (χ1v) is 13.3. The molecule has 36 heavy (non-hydrogen) atoms. The van der Waals surface area contributed by atoms with Crippen LogP contribution >= 0.6 is 11.3 Å². The van der Waals surface area contributed by atoms with Crippen molar-refractivity contribution in [2.75, 3.05) is 39.5 Å². The summed E-state index contributed by atoms with van der Waals surface area (Å²) in [6, 6.07) is 3.70. The molecule has 2 fully saturated rings. The average Bonchev–Trinajstić information content (AvgIpc) is 3.51. The first-order valence-electron chi connectivity index (χ1n) is 12.5. The highest BCUT2D eigenvalue weighted by molar-refractivity contribution is 7.16. The van der Waals surface area contributed by atoms with E-state index in [1.54, 1.807) is 24.8 Å². The molecule has 1 saturated heterocycles. The second-order valence-electron chi connectivity index (χ2n) is 9.08. The van der Waals surface area contributed by atoms with Gasteiger partial charge in [-0.1, -0.05) is 19.8 Å². The molecule has 0 unspecified atom stereocenters. The maximum absolute atomic E-state index is 13.1. The molecule has 0 aromatic carbocycles. The van der Waals surface area contributed by atoms with Gasteiger partial charge in [-0.3, -0.25) is 19.7 Å². The average molecular weight is 515 g/mol. The molecule has 1 aliphatic carbocycles. The summed E-state index contributed by atoms with van der Waals surface area (Å²) in [5.74, 6) is 1.29. The number of thiazole rings is 1. The predicted molar refractivity (Wildman–Crippen MR) is 143 cm³/mol. The number of pyridine rings is 1. The third kappa shape index (κ3) is 7.78. The van der Waals surface area contributed by atoms with Gasteiger partial charge in [-0.2, -0.15) is 0 Å². The third-order valence-electron chi connectivity index (χ3n) is 5.87. The van der Waals surface area contributed by atoms with E-state index in [4.69, 9.17) is 9.47 Å². The molecule has 3 aromatic heterocycles. The van der Waals surface area contributed by atoms with E-state index in [0.29, 0.717) is 42.9 Å². The Balaban J connectivity index is 0.000000774. The lowest BCUT2D eigenvalue weighted by atomic mass is 10.1. The van der Waals surface area contributed by atoms with Gasteiger partial charge in [-0.05, 0) is 37.5 Å². The minimum atomic E-state index is -0.256. The van der Waals surface area contributed by atoms with E-state index in [-0.39, 0.29) is 14.8 Å². The van der Waals surface area contributed by atoms with Crippen LogP contribution in [0.1, 0.15) is 56.6 Å². The third-order valence-corrected chi connectivity index (χ3v) is 6.89. The molecular weight excluding hydrogens is 476 g/mol. The molecular formula is C26H38N6O3S. The predicted octanol–water partition coefficient (Wildman–Crippen LogP) is 4.41. The molecule has 3 aromatic rings. The van der Waals surface area contributed by atoms with Crippen LogP contribution in [0, 0.1) is 12.8 Å². The van der Waals surface area contributed by atoms with Crippen molar-refractivity contribution in [2.24, 2.45) is 5.92 Å². The molecule has 1 atom stereocenters. The van der Waals surface area contributed by atoms with Gasteiger partial charge >= 0.3 is 0 Å². The van der Waals surface area contributed by atoms with Crippen LogP contribution in [0.15, 0.2) is 36.9 Å². The first kappa shape index (κ1) is 26.1. The number of amides is 1. The van der Waals surface area contributed by atoms with Crippen LogP contribution in [0.4, 0.5) is 0 Å². The molecule has 1 amide bonds. The Morgan fingerprint density at radius 2 is 2.06 bits per heavy atom. The number of ether oxygens (including phenoxy) is 2. The van der Waals surface area contributed by atoms with Crippen LogP contribution in [0.25, 0.3) is 10.6 Å². The van der Waals surface area contributed by atoms with E-state index in [9.17, 15) is 4.79 Å². The standard InChI is InChI=1S/C22H26N6O3S.C4H8.2H2/c1-3-31-20-13-23-11-17(26-20)19-12-25-22(32-19)21(29)27-18(14-28-6-8-30-9-7-28)16-10-15(2)4-5-24-16;1-4-2-3-4;;/h4-5,10-13,18H,3,6-9,14H2,1-2H3,(H,27,29);4H,2-3H2,1H3;2*1H/t18-;;;/m1.../s1. The van der Waals surface area contributed by atoms with E-state index >= 15 is 0 Å². The lowest BCUT2D eigenvalue weighted by Gasteiger charge is -2.30. The fourth-order valence-electron chi connectivity index (χ4n) is 3.57. The van der Waals surface area contributed by atoms with Gasteiger partial charge in [0, 0.05) is 34.9 Å². The van der Waals surface area contributed by atoms with Crippen molar-refractivity contribution in [3.8, 4) is 16.5 Å². The van der Waals surface area contributed by atoms with E-state index in [1.165, 1.54) is 24.2 Å². The molecule has 0 spiro atoms. The van der Waals surface area contributed by atoms with Crippen LogP contribution in [0.5, 0.6) is 5.88 Å². The molecule has 2 aliphatic rings. The summed E-state index contributed by atoms with van der Waals surface area (Å²) in [4.78, 5) is 33.5. The lowest BCUT2D eigenvalue weighted by molar-refractivity contribution is 0.0330. The molecule has 1 N–H and O–H groups in total. The largest absolute Gasteiger partial charge is 0.477 e. The monoisotopic (exact) mass is 514 g/mol. The van der Waals surface area contributed by atoms with Crippen LogP contribution in [0.2, 0.25) is 0 Å². The SMILES string of the molecule is CC1CC1.CCOc1cncc(-c2cnc(C(=O)N[C@H](CN3CCOCC3)c3cc(C)ccn3)s2)n1.[HH].[HH]. The molecule has 1 aliphatic heterocycles. The van der Waals surface area contributed by atoms with Gasteiger partial charge in [0.2, 0.25) is 5.88 Å². The smallest absolute Gasteiger partial charge is 0.280 e. The number of aromatic nitrogens is 4. The Labute approximate surface area is 219 Å². The topological polar surface area (TPSA) is 102 Å². The summed E-state index contributed by atoms with van der Waals surface area (Å²) in [5.41, 5.74) is 2.55. The molecule has 1 saturated carbocycles. The number of hydrogen-bond donors (Lipinski definition) is 1. The number of morpholine rings is 1. The summed E-state index contributed by atoms with van der Waals surface area (Å²) in [5, 5.41) is 3.49. The minimum absolute atomic E-state index is 0. The van der Waals surface area contributed by atoms with Crippen molar-refractivity contribution in [3.63, 3.8) is 0 Å². The van der Waals surface area contributed by atoms with Crippen molar-refractivity contribution in [3.05, 3.63) is 53.2 Å². The number of nitrogens with zero attached hydrogens (tertiary/aromatic N) is 5. The summed E-state index contributed by atoms with van der Waals surface area (Å²) in [6.45, 7) is 10.4. The maximum atomic E-state index is 13.1. The normalized spacial score (nSPS) is 16.5. The Hall–Kier alpha value is -2.95. The van der Waals surface area contributed by atoms with Crippen molar-refractivity contribution in [1.82, 2.24) is 30.2 Å². The quantitative estimate of drug-likeness (QED) is 0.471. The molecule has 4 heterocycles. The van der Waals surface area contributed by atoms with E-state index < -0.39 is 0 Å². The van der Waals surface area contributed by atoms with Crippen LogP contribution in [-0.4, -0.2) is 70.2 Å². The Bertz CT molecular complexity index is 1140. The zero-order valence-electron chi connectivity index (χ0n) is 21.1. The number of nitrogens with one attached hydrogen (secondary N) is 1. The van der Waals surface area contributed by atoms with Crippen molar-refractivity contribution < 1.29 is 17.1 Å². The van der Waals surface area contributed by atoms with Gasteiger partial charge in [0.05, 0.1) is 48.8 Å². The Morgan fingerprint density at radius 3 is 2.75 bits per heavy atom. The second-order valence-corrected chi connectivity index (χ2v) is 10.1. The molecule has 10 heteroatoms. The number of carbonyl (C=O) groups is 1. The van der Waals surface area contributed by atoms with Gasteiger partial charge in [-0.25, -0.2) is 9.97 Å². The summed E-state index contributed by atoms with van der Waals surface area (Å²) < 4.78 is 10.9. The summed E-state index contributed by atoms with van der Waals surface area (Å²) in [7, 11) is 0. The Kier molecular flexibility index (Phi) is 9.32. The highest BCUT2D eigenvalue weighted by Crippen LogP contribution is 2.27. The van der Waals surface area contributed by atoms with Gasteiger partial charge in [0.25, 0.3) is 5.91 Å². The Morgan fingerprint density at radius 1 is 1.28 bits per heavy atom. The van der Waals surface area contributed by atoms with E-state index in [2.05, 4.69) is 37.1 Å². The second kappa shape index (κ2) is 12.8. The zero-order chi connectivity index (χ0) is 25.3. The van der Waals surface area contributed by atoms with Gasteiger partial charge in [-0.15, -0.1) is 11.3 Å².